The Morgan fingerprint density at radius 1 is 1.11 bits per heavy atom. The predicted molar refractivity (Wildman–Crippen MR) is 129 cm³/mol. The molecule has 1 aliphatic heterocycles. The Hall–Kier alpha value is -2.90. The zero-order valence-corrected chi connectivity index (χ0v) is 20.1. The molecule has 36 heavy (non-hydrogen) atoms. The lowest BCUT2D eigenvalue weighted by Gasteiger charge is -2.22. The van der Waals surface area contributed by atoms with Crippen LogP contribution in [-0.2, 0) is 9.47 Å². The molecule has 3 rings (SSSR count). The van der Waals surface area contributed by atoms with Crippen LogP contribution in [0.4, 0.5) is 5.69 Å². The molecule has 1 aliphatic rings. The van der Waals surface area contributed by atoms with E-state index in [9.17, 15) is 35.0 Å². The molecule has 0 spiro atoms. The van der Waals surface area contributed by atoms with Crippen LogP contribution in [0.3, 0.4) is 0 Å². The molecule has 1 aromatic carbocycles. The summed E-state index contributed by atoms with van der Waals surface area (Å²) < 4.78 is 12.4. The van der Waals surface area contributed by atoms with E-state index in [0.717, 1.165) is 43.1 Å². The topological polar surface area (TPSA) is 177 Å². The van der Waals surface area contributed by atoms with Gasteiger partial charge in [-0.25, -0.2) is 4.79 Å². The van der Waals surface area contributed by atoms with Crippen molar-refractivity contribution in [3.8, 4) is 0 Å². The Morgan fingerprint density at radius 2 is 1.78 bits per heavy atom. The molecule has 0 aliphatic carbocycles. The number of ether oxygens (including phenoxy) is 2. The van der Waals surface area contributed by atoms with Gasteiger partial charge in [-0.1, -0.05) is 39.0 Å². The van der Waals surface area contributed by atoms with Gasteiger partial charge in [0.2, 0.25) is 0 Å². The van der Waals surface area contributed by atoms with E-state index in [-0.39, 0.29) is 11.3 Å². The first-order chi connectivity index (χ1) is 17.3. The van der Waals surface area contributed by atoms with E-state index >= 15 is 0 Å². The van der Waals surface area contributed by atoms with Crippen molar-refractivity contribution in [2.45, 2.75) is 76.1 Å². The minimum absolute atomic E-state index is 0.0205. The third kappa shape index (κ3) is 6.45. The van der Waals surface area contributed by atoms with Crippen molar-refractivity contribution in [3.63, 3.8) is 0 Å². The van der Waals surface area contributed by atoms with Gasteiger partial charge >= 0.3 is 5.69 Å². The number of non-ortho nitro benzene ring substituents is 1. The number of nitro groups is 1. The molecule has 1 saturated heterocycles. The van der Waals surface area contributed by atoms with Gasteiger partial charge in [0, 0.05) is 24.9 Å². The summed E-state index contributed by atoms with van der Waals surface area (Å²) in [4.78, 5) is 38.1. The Balaban J connectivity index is 1.91. The highest BCUT2D eigenvalue weighted by Crippen LogP contribution is 2.30. The fourth-order valence-corrected chi connectivity index (χ4v) is 4.21. The van der Waals surface area contributed by atoms with Crippen molar-refractivity contribution in [2.24, 2.45) is 0 Å². The summed E-state index contributed by atoms with van der Waals surface area (Å²) >= 11 is 0. The van der Waals surface area contributed by atoms with E-state index in [1.165, 1.54) is 30.5 Å². The van der Waals surface area contributed by atoms with E-state index < -0.39 is 53.4 Å². The maximum atomic E-state index is 12.8. The first-order valence-electron chi connectivity index (χ1n) is 12.1. The highest BCUT2D eigenvalue weighted by Gasteiger charge is 2.44. The predicted octanol–water partition coefficient (Wildman–Crippen LogP) is 1.52. The van der Waals surface area contributed by atoms with Crippen LogP contribution in [0, 0.1) is 10.1 Å². The Morgan fingerprint density at radius 3 is 2.39 bits per heavy atom. The fourth-order valence-electron chi connectivity index (χ4n) is 4.21. The molecule has 0 bridgehead atoms. The second kappa shape index (κ2) is 12.9. The highest BCUT2D eigenvalue weighted by molar-refractivity contribution is 5.36. The van der Waals surface area contributed by atoms with Crippen molar-refractivity contribution in [3.05, 3.63) is 72.5 Å². The zero-order valence-electron chi connectivity index (χ0n) is 20.1. The van der Waals surface area contributed by atoms with Crippen LogP contribution in [0.25, 0.3) is 0 Å². The number of aromatic nitrogens is 2. The highest BCUT2D eigenvalue weighted by atomic mass is 16.6. The number of unbranched alkanes of at least 4 members (excludes halogenated alkanes) is 5. The third-order valence-electron chi connectivity index (χ3n) is 6.26. The quantitative estimate of drug-likeness (QED) is 0.178. The zero-order chi connectivity index (χ0) is 26.2. The Kier molecular flexibility index (Phi) is 9.90. The molecule has 198 valence electrons. The molecule has 0 unspecified atom stereocenters. The molecule has 2 aromatic rings. The summed E-state index contributed by atoms with van der Waals surface area (Å²) in [5.74, 6) is 0. The van der Waals surface area contributed by atoms with Gasteiger partial charge in [-0.05, 0) is 24.1 Å². The van der Waals surface area contributed by atoms with Gasteiger partial charge in [0.05, 0.1) is 17.1 Å². The van der Waals surface area contributed by atoms with Gasteiger partial charge in [0.15, 0.2) is 6.23 Å². The van der Waals surface area contributed by atoms with Gasteiger partial charge in [0.1, 0.15) is 24.4 Å². The second-order valence-corrected chi connectivity index (χ2v) is 8.85. The van der Waals surface area contributed by atoms with Crippen molar-refractivity contribution < 1.29 is 29.7 Å². The summed E-state index contributed by atoms with van der Waals surface area (Å²) in [6.45, 7) is 1.86. The SMILES string of the molecule is CCCCCCCCO[C@H](c1ccc([N+](=O)[O-])cc1)c1cn([C@@H]2O[C@H](CO)[C@@H](O)[C@H]2O)c(=O)[nH]c1=O. The number of hydrogen-bond donors (Lipinski definition) is 4. The molecule has 0 radical (unpaired) electrons. The van der Waals surface area contributed by atoms with Crippen molar-refractivity contribution in [2.75, 3.05) is 13.2 Å². The van der Waals surface area contributed by atoms with E-state index in [1.54, 1.807) is 0 Å². The van der Waals surface area contributed by atoms with E-state index in [0.29, 0.717) is 12.2 Å². The Bertz CT molecular complexity index is 1120. The molecule has 1 aromatic heterocycles. The maximum Gasteiger partial charge on any atom is 0.330 e. The molecule has 1 fully saturated rings. The average Bonchev–Trinajstić information content (AvgIpc) is 3.15. The van der Waals surface area contributed by atoms with Crippen molar-refractivity contribution in [1.82, 2.24) is 9.55 Å². The molecule has 0 amide bonds. The largest absolute Gasteiger partial charge is 0.394 e. The minimum atomic E-state index is -1.53. The first kappa shape index (κ1) is 27.7. The number of rotatable bonds is 13. The molecule has 5 atom stereocenters. The number of aliphatic hydroxyl groups excluding tert-OH is 3. The minimum Gasteiger partial charge on any atom is -0.394 e. The molecule has 0 saturated carbocycles. The van der Waals surface area contributed by atoms with E-state index in [1.807, 2.05) is 0 Å². The number of nitrogens with zero attached hydrogens (tertiary/aromatic N) is 2. The lowest BCUT2D eigenvalue weighted by molar-refractivity contribution is -0.384. The summed E-state index contributed by atoms with van der Waals surface area (Å²) in [5, 5.41) is 40.9. The van der Waals surface area contributed by atoms with Crippen LogP contribution in [0.5, 0.6) is 0 Å². The van der Waals surface area contributed by atoms with Gasteiger partial charge in [-0.2, -0.15) is 0 Å². The van der Waals surface area contributed by atoms with Crippen LogP contribution in [0.2, 0.25) is 0 Å². The standard InChI is InChI=1S/C24H33N3O9/c1-2-3-4-5-6-7-12-35-21(15-8-10-16(11-9-15)27(33)34)17-13-26(24(32)25-22(17)31)23-20(30)19(29)18(14-28)36-23/h8-11,13,18-21,23,28-30H,2-7,12,14H2,1H3,(H,25,31,32)/t18-,19-,20-,21-,23-/m1/s1. The summed E-state index contributed by atoms with van der Waals surface area (Å²) in [6, 6.07) is 5.55. The van der Waals surface area contributed by atoms with Crippen LogP contribution < -0.4 is 11.2 Å². The smallest absolute Gasteiger partial charge is 0.330 e. The second-order valence-electron chi connectivity index (χ2n) is 8.85. The fraction of sp³-hybridized carbons (Fsp3) is 0.583. The summed E-state index contributed by atoms with van der Waals surface area (Å²) in [7, 11) is 0. The average molecular weight is 508 g/mol. The van der Waals surface area contributed by atoms with Gasteiger partial charge < -0.3 is 24.8 Å². The molecule has 12 heteroatoms. The van der Waals surface area contributed by atoms with Crippen molar-refractivity contribution in [1.29, 1.82) is 0 Å². The maximum absolute atomic E-state index is 12.8. The normalized spacial score (nSPS) is 22.6. The molecular weight excluding hydrogens is 474 g/mol. The lowest BCUT2D eigenvalue weighted by atomic mass is 10.0. The van der Waals surface area contributed by atoms with Crippen LogP contribution in [0.15, 0.2) is 40.1 Å². The van der Waals surface area contributed by atoms with Gasteiger partial charge in [-0.3, -0.25) is 24.5 Å². The number of H-pyrrole nitrogens is 1. The van der Waals surface area contributed by atoms with Crippen molar-refractivity contribution >= 4 is 5.69 Å². The monoisotopic (exact) mass is 507 g/mol. The summed E-state index contributed by atoms with van der Waals surface area (Å²) in [5.41, 5.74) is -1.25. The number of benzene rings is 1. The van der Waals surface area contributed by atoms with E-state index in [4.69, 9.17) is 9.47 Å². The summed E-state index contributed by atoms with van der Waals surface area (Å²) in [6.07, 6.45) is 0.939. The first-order valence-corrected chi connectivity index (χ1v) is 12.1. The number of nitrogens with one attached hydrogen (secondary N) is 1. The van der Waals surface area contributed by atoms with Gasteiger partial charge in [-0.15, -0.1) is 0 Å². The van der Waals surface area contributed by atoms with Crippen LogP contribution >= 0.6 is 0 Å². The van der Waals surface area contributed by atoms with E-state index in [2.05, 4.69) is 11.9 Å². The third-order valence-corrected chi connectivity index (χ3v) is 6.26. The Labute approximate surface area is 207 Å². The molecule has 4 N–H and O–H groups in total. The van der Waals surface area contributed by atoms with Crippen LogP contribution in [-0.4, -0.2) is 61.3 Å². The molecule has 12 nitrogen and oxygen atoms in total. The lowest BCUT2D eigenvalue weighted by Crippen LogP contribution is -2.39. The van der Waals surface area contributed by atoms with Crippen LogP contribution in [0.1, 0.15) is 68.9 Å². The molecule has 2 heterocycles. The molecular formula is C24H33N3O9. The number of aromatic amines is 1. The number of hydrogen-bond acceptors (Lipinski definition) is 9. The number of nitro benzene ring substituents is 1. The van der Waals surface area contributed by atoms with Gasteiger partial charge in [0.25, 0.3) is 11.2 Å². The number of aliphatic hydroxyl groups is 3.